The van der Waals surface area contributed by atoms with E-state index in [1.165, 1.54) is 12.1 Å². The zero-order valence-electron chi connectivity index (χ0n) is 7.63. The third kappa shape index (κ3) is 2.28. The molecule has 2 nitrogen and oxygen atoms in total. The van der Waals surface area contributed by atoms with E-state index in [1.54, 1.807) is 13.8 Å². The van der Waals surface area contributed by atoms with Gasteiger partial charge in [-0.1, -0.05) is 0 Å². The monoisotopic (exact) mass is 182 g/mol. The van der Waals surface area contributed by atoms with Crippen molar-refractivity contribution in [2.75, 3.05) is 6.61 Å². The third-order valence-corrected chi connectivity index (χ3v) is 1.72. The maximum Gasteiger partial charge on any atom is 0.157 e. The number of carbonyl (C=O) groups excluding carboxylic acids is 1. The average Bonchev–Trinajstić information content (AvgIpc) is 2.02. The van der Waals surface area contributed by atoms with Crippen molar-refractivity contribution in [1.82, 2.24) is 0 Å². The van der Waals surface area contributed by atoms with Gasteiger partial charge in [-0.05, 0) is 37.1 Å². The molecule has 0 spiro atoms. The van der Waals surface area contributed by atoms with E-state index in [0.29, 0.717) is 23.2 Å². The summed E-state index contributed by atoms with van der Waals surface area (Å²) in [5.74, 6) is 0.307. The molecular weight excluding hydrogens is 171 g/mol. The highest BCUT2D eigenvalue weighted by molar-refractivity contribution is 5.52. The molecule has 0 saturated heterocycles. The molecule has 0 aromatic heterocycles. The van der Waals surface area contributed by atoms with Gasteiger partial charge in [0.2, 0.25) is 0 Å². The summed E-state index contributed by atoms with van der Waals surface area (Å²) in [6.45, 7) is 3.50. The van der Waals surface area contributed by atoms with E-state index in [9.17, 15) is 9.18 Å². The van der Waals surface area contributed by atoms with E-state index in [2.05, 4.69) is 0 Å². The molecule has 0 bridgehead atoms. The van der Waals surface area contributed by atoms with Gasteiger partial charge in [0.1, 0.15) is 18.2 Å². The molecule has 1 aromatic carbocycles. The molecule has 0 unspecified atom stereocenters. The first-order chi connectivity index (χ1) is 6.15. The third-order valence-electron chi connectivity index (χ3n) is 1.72. The number of hydrogen-bond acceptors (Lipinski definition) is 2. The number of hydrogen-bond donors (Lipinski definition) is 0. The van der Waals surface area contributed by atoms with Crippen LogP contribution in [-0.2, 0) is 4.79 Å². The quantitative estimate of drug-likeness (QED) is 0.668. The van der Waals surface area contributed by atoms with Crippen LogP contribution in [-0.4, -0.2) is 12.9 Å². The van der Waals surface area contributed by atoms with Crippen molar-refractivity contribution in [3.8, 4) is 5.75 Å². The summed E-state index contributed by atoms with van der Waals surface area (Å²) in [5, 5.41) is 0. The molecule has 1 rings (SSSR count). The highest BCUT2D eigenvalue weighted by atomic mass is 19.1. The Kier molecular flexibility index (Phi) is 3.01. The Morgan fingerprint density at radius 3 is 2.38 bits per heavy atom. The molecule has 0 atom stereocenters. The van der Waals surface area contributed by atoms with E-state index in [1.807, 2.05) is 0 Å². The minimum Gasteiger partial charge on any atom is -0.486 e. The molecule has 0 radical (unpaired) electrons. The zero-order valence-corrected chi connectivity index (χ0v) is 7.63. The second-order valence-electron chi connectivity index (χ2n) is 2.85. The highest BCUT2D eigenvalue weighted by Gasteiger charge is 2.05. The van der Waals surface area contributed by atoms with Crippen molar-refractivity contribution < 1.29 is 13.9 Å². The Hall–Kier alpha value is -1.38. The molecule has 1 aromatic rings. The Morgan fingerprint density at radius 2 is 1.92 bits per heavy atom. The highest BCUT2D eigenvalue weighted by Crippen LogP contribution is 2.23. The number of aldehydes is 1. The lowest BCUT2D eigenvalue weighted by atomic mass is 10.1. The van der Waals surface area contributed by atoms with Crippen LogP contribution in [0.3, 0.4) is 0 Å². The van der Waals surface area contributed by atoms with E-state index < -0.39 is 0 Å². The second-order valence-corrected chi connectivity index (χ2v) is 2.85. The fraction of sp³-hybridized carbons (Fsp3) is 0.300. The van der Waals surface area contributed by atoms with Crippen molar-refractivity contribution in [2.45, 2.75) is 13.8 Å². The van der Waals surface area contributed by atoms with Gasteiger partial charge in [0.05, 0.1) is 0 Å². The molecule has 70 valence electrons. The number of carbonyl (C=O) groups is 1. The van der Waals surface area contributed by atoms with Crippen molar-refractivity contribution in [3.63, 3.8) is 0 Å². The predicted octanol–water partition coefficient (Wildman–Crippen LogP) is 2.02. The molecule has 0 saturated carbocycles. The maximum atomic E-state index is 12.8. The van der Waals surface area contributed by atoms with Crippen LogP contribution in [0.1, 0.15) is 11.1 Å². The topological polar surface area (TPSA) is 26.3 Å². The summed E-state index contributed by atoms with van der Waals surface area (Å²) in [4.78, 5) is 10.1. The van der Waals surface area contributed by atoms with Gasteiger partial charge in [0.25, 0.3) is 0 Å². The Morgan fingerprint density at radius 1 is 1.38 bits per heavy atom. The summed E-state index contributed by atoms with van der Waals surface area (Å²) in [5.41, 5.74) is 1.42. The van der Waals surface area contributed by atoms with Crippen molar-refractivity contribution in [3.05, 3.63) is 29.1 Å². The lowest BCUT2D eigenvalue weighted by Gasteiger charge is -2.09. The zero-order chi connectivity index (χ0) is 9.84. The van der Waals surface area contributed by atoms with E-state index in [0.717, 1.165) is 0 Å². The van der Waals surface area contributed by atoms with Crippen LogP contribution in [0.25, 0.3) is 0 Å². The number of halogens is 1. The van der Waals surface area contributed by atoms with Crippen LogP contribution in [0, 0.1) is 19.7 Å². The molecule has 13 heavy (non-hydrogen) atoms. The molecule has 0 aliphatic rings. The average molecular weight is 182 g/mol. The standard InChI is InChI=1S/C10H11FO2/c1-7-5-9(11)6-8(2)10(7)13-4-3-12/h3,5-6H,4H2,1-2H3. The normalized spacial score (nSPS) is 9.77. The number of rotatable bonds is 3. The van der Waals surface area contributed by atoms with Crippen molar-refractivity contribution in [1.29, 1.82) is 0 Å². The molecule has 0 aliphatic carbocycles. The van der Waals surface area contributed by atoms with Gasteiger partial charge < -0.3 is 4.74 Å². The van der Waals surface area contributed by atoms with Gasteiger partial charge in [-0.25, -0.2) is 4.39 Å². The van der Waals surface area contributed by atoms with Crippen LogP contribution in [0.2, 0.25) is 0 Å². The first kappa shape index (κ1) is 9.71. The van der Waals surface area contributed by atoms with Gasteiger partial charge in [-0.2, -0.15) is 0 Å². The van der Waals surface area contributed by atoms with E-state index in [4.69, 9.17) is 4.74 Å². The first-order valence-corrected chi connectivity index (χ1v) is 3.98. The van der Waals surface area contributed by atoms with Crippen LogP contribution in [0.5, 0.6) is 5.75 Å². The predicted molar refractivity (Wildman–Crippen MR) is 47.4 cm³/mol. The van der Waals surface area contributed by atoms with Crippen LogP contribution < -0.4 is 4.74 Å². The summed E-state index contributed by atoms with van der Waals surface area (Å²) in [6.07, 6.45) is 0.669. The van der Waals surface area contributed by atoms with E-state index >= 15 is 0 Å². The van der Waals surface area contributed by atoms with Crippen LogP contribution >= 0.6 is 0 Å². The largest absolute Gasteiger partial charge is 0.486 e. The molecule has 0 heterocycles. The van der Waals surface area contributed by atoms with Crippen LogP contribution in [0.15, 0.2) is 12.1 Å². The van der Waals surface area contributed by atoms with Gasteiger partial charge in [0, 0.05) is 0 Å². The SMILES string of the molecule is Cc1cc(F)cc(C)c1OCC=O. The second kappa shape index (κ2) is 4.03. The minimum absolute atomic E-state index is 0.00725. The summed E-state index contributed by atoms with van der Waals surface area (Å²) < 4.78 is 17.9. The summed E-state index contributed by atoms with van der Waals surface area (Å²) >= 11 is 0. The van der Waals surface area contributed by atoms with Gasteiger partial charge >= 0.3 is 0 Å². The Labute approximate surface area is 76.3 Å². The maximum absolute atomic E-state index is 12.8. The van der Waals surface area contributed by atoms with Gasteiger partial charge in [-0.15, -0.1) is 0 Å². The molecule has 0 aliphatic heterocycles. The molecular formula is C10H11FO2. The number of aryl methyl sites for hydroxylation is 2. The lowest BCUT2D eigenvalue weighted by Crippen LogP contribution is -2.01. The van der Waals surface area contributed by atoms with Crippen LogP contribution in [0.4, 0.5) is 4.39 Å². The van der Waals surface area contributed by atoms with Gasteiger partial charge in [0.15, 0.2) is 6.29 Å². The molecule has 0 N–H and O–H groups in total. The minimum atomic E-state index is -0.284. The summed E-state index contributed by atoms with van der Waals surface area (Å²) in [6, 6.07) is 2.76. The Balaban J connectivity index is 2.98. The van der Waals surface area contributed by atoms with Gasteiger partial charge in [-0.3, -0.25) is 4.79 Å². The smallest absolute Gasteiger partial charge is 0.157 e. The fourth-order valence-corrected chi connectivity index (χ4v) is 1.24. The molecule has 0 fully saturated rings. The fourth-order valence-electron chi connectivity index (χ4n) is 1.24. The lowest BCUT2D eigenvalue weighted by molar-refractivity contribution is -0.109. The number of ether oxygens (including phenoxy) is 1. The molecule has 3 heteroatoms. The van der Waals surface area contributed by atoms with Crippen molar-refractivity contribution >= 4 is 6.29 Å². The summed E-state index contributed by atoms with van der Waals surface area (Å²) in [7, 11) is 0. The Bertz CT molecular complexity index is 298. The van der Waals surface area contributed by atoms with Crippen molar-refractivity contribution in [2.24, 2.45) is 0 Å². The molecule has 0 amide bonds. The first-order valence-electron chi connectivity index (χ1n) is 3.98. The van der Waals surface area contributed by atoms with E-state index in [-0.39, 0.29) is 12.4 Å². The number of benzene rings is 1.